The molecule has 2 nitrogen and oxygen atoms in total. The van der Waals surface area contributed by atoms with Gasteiger partial charge in [0.25, 0.3) is 0 Å². The van der Waals surface area contributed by atoms with E-state index in [4.69, 9.17) is 4.74 Å². The summed E-state index contributed by atoms with van der Waals surface area (Å²) in [7, 11) is 0. The summed E-state index contributed by atoms with van der Waals surface area (Å²) < 4.78 is 5.05. The van der Waals surface area contributed by atoms with Crippen molar-refractivity contribution >= 4 is 5.97 Å². The monoisotopic (exact) mass is 212 g/mol. The fraction of sp³-hybridized carbons (Fsp3) is 0.769. The number of hydrogen-bond acceptors (Lipinski definition) is 2. The van der Waals surface area contributed by atoms with Crippen molar-refractivity contribution in [3.63, 3.8) is 0 Å². The maximum absolute atomic E-state index is 11.0. The molecule has 0 atom stereocenters. The van der Waals surface area contributed by atoms with Crippen molar-refractivity contribution in [3.05, 3.63) is 12.2 Å². The molecule has 0 N–H and O–H groups in total. The van der Waals surface area contributed by atoms with E-state index in [9.17, 15) is 4.79 Å². The van der Waals surface area contributed by atoms with Crippen molar-refractivity contribution in [2.45, 2.75) is 58.8 Å². The molecule has 0 aromatic rings. The number of rotatable bonds is 9. The zero-order chi connectivity index (χ0) is 11.4. The number of ether oxygens (including phenoxy) is 1. The first-order chi connectivity index (χ1) is 7.31. The molecule has 88 valence electrons. The third kappa shape index (κ3) is 11.1. The van der Waals surface area contributed by atoms with Crippen LogP contribution in [0.5, 0.6) is 0 Å². The van der Waals surface area contributed by atoms with E-state index in [1.54, 1.807) is 0 Å². The first kappa shape index (κ1) is 14.2. The van der Waals surface area contributed by atoms with Crippen LogP contribution in [0, 0.1) is 0 Å². The number of unbranched alkanes of at least 4 members (excludes halogenated alkanes) is 3. The van der Waals surface area contributed by atoms with Crippen LogP contribution in [-0.2, 0) is 9.53 Å². The highest BCUT2D eigenvalue weighted by atomic mass is 16.5. The SMILES string of the molecule is CC/C=C\CCCCCOC(=O)CCC. The molecule has 0 saturated carbocycles. The Morgan fingerprint density at radius 2 is 1.93 bits per heavy atom. The standard InChI is InChI=1S/C13H24O2/c1-3-5-6-7-8-9-10-12-15-13(14)11-4-2/h5-6H,3-4,7-12H2,1-2H3/b6-5-. The fourth-order valence-electron chi connectivity index (χ4n) is 1.29. The molecular weight excluding hydrogens is 188 g/mol. The van der Waals surface area contributed by atoms with E-state index in [1.165, 1.54) is 6.42 Å². The largest absolute Gasteiger partial charge is 0.466 e. The molecule has 0 spiro atoms. The molecule has 0 saturated heterocycles. The van der Waals surface area contributed by atoms with Gasteiger partial charge in [0.2, 0.25) is 0 Å². The molecule has 0 aromatic carbocycles. The van der Waals surface area contributed by atoms with Crippen molar-refractivity contribution in [2.75, 3.05) is 6.61 Å². The second-order valence-electron chi connectivity index (χ2n) is 3.70. The summed E-state index contributed by atoms with van der Waals surface area (Å²) in [4.78, 5) is 11.0. The summed E-state index contributed by atoms with van der Waals surface area (Å²) in [5, 5.41) is 0. The highest BCUT2D eigenvalue weighted by molar-refractivity contribution is 5.69. The molecule has 15 heavy (non-hydrogen) atoms. The molecule has 0 aromatic heterocycles. The van der Waals surface area contributed by atoms with Crippen LogP contribution in [0.15, 0.2) is 12.2 Å². The second kappa shape index (κ2) is 11.3. The molecule has 0 amide bonds. The van der Waals surface area contributed by atoms with Crippen molar-refractivity contribution in [1.82, 2.24) is 0 Å². The van der Waals surface area contributed by atoms with Gasteiger partial charge in [0.1, 0.15) is 0 Å². The van der Waals surface area contributed by atoms with Gasteiger partial charge in [-0.3, -0.25) is 4.79 Å². The molecule has 0 fully saturated rings. The van der Waals surface area contributed by atoms with Gasteiger partial charge in [-0.15, -0.1) is 0 Å². The molecule has 2 heteroatoms. The lowest BCUT2D eigenvalue weighted by Crippen LogP contribution is -2.04. The summed E-state index contributed by atoms with van der Waals surface area (Å²) in [5.74, 6) is -0.0524. The number of hydrogen-bond donors (Lipinski definition) is 0. The van der Waals surface area contributed by atoms with Crippen molar-refractivity contribution in [3.8, 4) is 0 Å². The molecule has 0 unspecified atom stereocenters. The van der Waals surface area contributed by atoms with Crippen molar-refractivity contribution < 1.29 is 9.53 Å². The maximum Gasteiger partial charge on any atom is 0.305 e. The lowest BCUT2D eigenvalue weighted by Gasteiger charge is -2.02. The predicted octanol–water partition coefficient (Wildman–Crippen LogP) is 3.86. The van der Waals surface area contributed by atoms with Gasteiger partial charge in [-0.05, 0) is 38.5 Å². The minimum Gasteiger partial charge on any atom is -0.466 e. The zero-order valence-electron chi connectivity index (χ0n) is 10.1. The van der Waals surface area contributed by atoms with Gasteiger partial charge >= 0.3 is 5.97 Å². The van der Waals surface area contributed by atoms with Gasteiger partial charge in [-0.1, -0.05) is 26.0 Å². The Kier molecular flexibility index (Phi) is 10.7. The molecule has 0 rings (SSSR count). The van der Waals surface area contributed by atoms with E-state index in [0.717, 1.165) is 32.1 Å². The van der Waals surface area contributed by atoms with Gasteiger partial charge in [0.05, 0.1) is 6.61 Å². The van der Waals surface area contributed by atoms with E-state index >= 15 is 0 Å². The van der Waals surface area contributed by atoms with Crippen molar-refractivity contribution in [2.24, 2.45) is 0 Å². The van der Waals surface area contributed by atoms with Crippen LogP contribution in [0.1, 0.15) is 58.8 Å². The normalized spacial score (nSPS) is 10.8. The summed E-state index contributed by atoms with van der Waals surface area (Å²) in [6.45, 7) is 4.72. The minimum absolute atomic E-state index is 0.0524. The van der Waals surface area contributed by atoms with Crippen LogP contribution in [0.25, 0.3) is 0 Å². The molecule has 0 bridgehead atoms. The first-order valence-electron chi connectivity index (χ1n) is 6.11. The predicted molar refractivity (Wildman–Crippen MR) is 63.8 cm³/mol. The Balaban J connectivity index is 3.11. The van der Waals surface area contributed by atoms with Gasteiger partial charge in [-0.25, -0.2) is 0 Å². The van der Waals surface area contributed by atoms with Gasteiger partial charge in [0.15, 0.2) is 0 Å². The number of carbonyl (C=O) groups excluding carboxylic acids is 1. The molecular formula is C13H24O2. The molecule has 0 aliphatic rings. The summed E-state index contributed by atoms with van der Waals surface area (Å²) in [6.07, 6.45) is 11.5. The number of esters is 1. The average Bonchev–Trinajstić information content (AvgIpc) is 2.22. The van der Waals surface area contributed by atoms with E-state index in [1.807, 2.05) is 6.92 Å². The van der Waals surface area contributed by atoms with Gasteiger partial charge in [0, 0.05) is 6.42 Å². The Hall–Kier alpha value is -0.790. The van der Waals surface area contributed by atoms with Crippen LogP contribution in [0.3, 0.4) is 0 Å². The first-order valence-corrected chi connectivity index (χ1v) is 6.11. The third-order valence-corrected chi connectivity index (χ3v) is 2.13. The number of carbonyl (C=O) groups is 1. The highest BCUT2D eigenvalue weighted by Gasteiger charge is 1.98. The van der Waals surface area contributed by atoms with Crippen LogP contribution in [0.2, 0.25) is 0 Å². The smallest absolute Gasteiger partial charge is 0.305 e. The zero-order valence-corrected chi connectivity index (χ0v) is 10.1. The summed E-state index contributed by atoms with van der Waals surface area (Å²) >= 11 is 0. The van der Waals surface area contributed by atoms with E-state index in [0.29, 0.717) is 13.0 Å². The molecule has 0 aliphatic heterocycles. The Morgan fingerprint density at radius 3 is 2.60 bits per heavy atom. The van der Waals surface area contributed by atoms with E-state index in [2.05, 4.69) is 19.1 Å². The maximum atomic E-state index is 11.0. The second-order valence-corrected chi connectivity index (χ2v) is 3.70. The Labute approximate surface area is 93.7 Å². The Bertz CT molecular complexity index is 173. The third-order valence-electron chi connectivity index (χ3n) is 2.13. The van der Waals surface area contributed by atoms with E-state index in [-0.39, 0.29) is 5.97 Å². The summed E-state index contributed by atoms with van der Waals surface area (Å²) in [6, 6.07) is 0. The average molecular weight is 212 g/mol. The van der Waals surface area contributed by atoms with E-state index < -0.39 is 0 Å². The quantitative estimate of drug-likeness (QED) is 0.329. The highest BCUT2D eigenvalue weighted by Crippen LogP contribution is 2.02. The molecule has 0 heterocycles. The van der Waals surface area contributed by atoms with Gasteiger partial charge < -0.3 is 4.74 Å². The topological polar surface area (TPSA) is 26.3 Å². The van der Waals surface area contributed by atoms with Crippen LogP contribution >= 0.6 is 0 Å². The van der Waals surface area contributed by atoms with Crippen LogP contribution in [-0.4, -0.2) is 12.6 Å². The minimum atomic E-state index is -0.0524. The summed E-state index contributed by atoms with van der Waals surface area (Å²) in [5.41, 5.74) is 0. The number of allylic oxidation sites excluding steroid dienone is 2. The van der Waals surface area contributed by atoms with Crippen LogP contribution in [0.4, 0.5) is 0 Å². The fourth-order valence-corrected chi connectivity index (χ4v) is 1.29. The van der Waals surface area contributed by atoms with Crippen LogP contribution < -0.4 is 0 Å². The molecule has 0 aliphatic carbocycles. The Morgan fingerprint density at radius 1 is 1.13 bits per heavy atom. The lowest BCUT2D eigenvalue weighted by molar-refractivity contribution is -0.143. The lowest BCUT2D eigenvalue weighted by atomic mass is 10.2. The molecule has 0 radical (unpaired) electrons. The van der Waals surface area contributed by atoms with Gasteiger partial charge in [-0.2, -0.15) is 0 Å². The van der Waals surface area contributed by atoms with Crippen molar-refractivity contribution in [1.29, 1.82) is 0 Å².